The molecule has 0 fully saturated rings. The van der Waals surface area contributed by atoms with Crippen LogP contribution in [0.3, 0.4) is 0 Å². The van der Waals surface area contributed by atoms with E-state index >= 15 is 0 Å². The molecule has 2 atom stereocenters. The molecule has 0 aliphatic carbocycles. The van der Waals surface area contributed by atoms with Gasteiger partial charge in [-0.15, -0.1) is 0 Å². The summed E-state index contributed by atoms with van der Waals surface area (Å²) in [7, 11) is 0. The number of hydrogen-bond acceptors (Lipinski definition) is 4. The van der Waals surface area contributed by atoms with Crippen LogP contribution < -0.4 is 0 Å². The molecule has 2 amide bonds. The fourth-order valence-corrected chi connectivity index (χ4v) is 3.42. The zero-order chi connectivity index (χ0) is 19.4. The van der Waals surface area contributed by atoms with Gasteiger partial charge in [-0.25, -0.2) is 0 Å². The molecule has 0 saturated heterocycles. The second-order valence-electron chi connectivity index (χ2n) is 7.09. The van der Waals surface area contributed by atoms with Crippen molar-refractivity contribution in [1.29, 1.82) is 0 Å². The van der Waals surface area contributed by atoms with E-state index in [1.807, 2.05) is 18.2 Å². The number of fused-ring (bicyclic) bond motifs is 1. The highest BCUT2D eigenvalue weighted by Gasteiger charge is 2.36. The maximum Gasteiger partial charge on any atom is 0.261 e. The van der Waals surface area contributed by atoms with Crippen molar-refractivity contribution in [2.24, 2.45) is 0 Å². The van der Waals surface area contributed by atoms with E-state index in [4.69, 9.17) is 0 Å². The molecule has 1 aliphatic rings. The smallest absolute Gasteiger partial charge is 0.261 e. The number of carbonyl (C=O) groups is 2. The Morgan fingerprint density at radius 1 is 0.963 bits per heavy atom. The van der Waals surface area contributed by atoms with E-state index in [0.717, 1.165) is 17.9 Å². The van der Waals surface area contributed by atoms with Gasteiger partial charge >= 0.3 is 0 Å². The van der Waals surface area contributed by atoms with E-state index in [1.54, 1.807) is 24.3 Å². The number of hydrogen-bond donors (Lipinski definition) is 1. The summed E-state index contributed by atoms with van der Waals surface area (Å²) in [4.78, 5) is 28.3. The lowest BCUT2D eigenvalue weighted by Gasteiger charge is -2.31. The van der Waals surface area contributed by atoms with Crippen LogP contribution in [0.25, 0.3) is 0 Å². The summed E-state index contributed by atoms with van der Waals surface area (Å²) < 4.78 is 0. The highest BCUT2D eigenvalue weighted by Crippen LogP contribution is 2.23. The van der Waals surface area contributed by atoms with Crippen LogP contribution in [0.15, 0.2) is 54.6 Å². The molecular weight excluding hydrogens is 340 g/mol. The van der Waals surface area contributed by atoms with E-state index < -0.39 is 6.10 Å². The maximum absolute atomic E-state index is 12.5. The zero-order valence-corrected chi connectivity index (χ0v) is 15.8. The lowest BCUT2D eigenvalue weighted by atomic mass is 10.1. The van der Waals surface area contributed by atoms with Crippen LogP contribution in [0.5, 0.6) is 0 Å². The molecule has 2 unspecified atom stereocenters. The Morgan fingerprint density at radius 3 is 2.07 bits per heavy atom. The quantitative estimate of drug-likeness (QED) is 0.730. The number of β-amino-alcohol motifs (C(OH)–C–C–N with tert-alkyl or cyclic N) is 1. The van der Waals surface area contributed by atoms with Gasteiger partial charge in [0.05, 0.1) is 23.8 Å². The molecule has 2 aromatic rings. The predicted molar refractivity (Wildman–Crippen MR) is 104 cm³/mol. The van der Waals surface area contributed by atoms with Gasteiger partial charge in [-0.2, -0.15) is 0 Å². The summed E-state index contributed by atoms with van der Waals surface area (Å²) in [5.41, 5.74) is 2.00. The molecule has 0 bridgehead atoms. The molecule has 2 aromatic carbocycles. The summed E-state index contributed by atoms with van der Waals surface area (Å²) in [6.45, 7) is 5.36. The van der Waals surface area contributed by atoms with Gasteiger partial charge in [0.2, 0.25) is 0 Å². The third kappa shape index (κ3) is 4.26. The minimum absolute atomic E-state index is 0.00801. The molecule has 0 radical (unpaired) electrons. The molecule has 3 rings (SSSR count). The van der Waals surface area contributed by atoms with Crippen LogP contribution in [-0.2, 0) is 6.54 Å². The third-order valence-electron chi connectivity index (χ3n) is 5.16. The van der Waals surface area contributed by atoms with Crippen LogP contribution in [0.1, 0.15) is 46.5 Å². The first-order valence-corrected chi connectivity index (χ1v) is 9.42. The number of benzene rings is 2. The first-order chi connectivity index (χ1) is 13.0. The summed E-state index contributed by atoms with van der Waals surface area (Å²) in [5.74, 6) is -0.652. The number of amides is 2. The number of aliphatic hydroxyl groups is 1. The van der Waals surface area contributed by atoms with Gasteiger partial charge in [-0.05, 0) is 31.0 Å². The predicted octanol–water partition coefficient (Wildman–Crippen LogP) is 2.94. The second-order valence-corrected chi connectivity index (χ2v) is 7.09. The van der Waals surface area contributed by atoms with E-state index in [1.165, 1.54) is 5.56 Å². The van der Waals surface area contributed by atoms with Crippen LogP contribution in [0.4, 0.5) is 0 Å². The van der Waals surface area contributed by atoms with Crippen molar-refractivity contribution < 1.29 is 14.7 Å². The number of carbonyl (C=O) groups excluding carboxylic acids is 2. The Hall–Kier alpha value is -2.50. The summed E-state index contributed by atoms with van der Waals surface area (Å²) in [6, 6.07) is 17.2. The van der Waals surface area contributed by atoms with Crippen molar-refractivity contribution in [2.75, 3.05) is 13.1 Å². The molecular formula is C22H26N2O3. The first kappa shape index (κ1) is 19.3. The van der Waals surface area contributed by atoms with Gasteiger partial charge in [0.25, 0.3) is 11.8 Å². The van der Waals surface area contributed by atoms with E-state index in [9.17, 15) is 14.7 Å². The van der Waals surface area contributed by atoms with Crippen molar-refractivity contribution in [1.82, 2.24) is 9.80 Å². The highest BCUT2D eigenvalue weighted by atomic mass is 16.3. The van der Waals surface area contributed by atoms with Gasteiger partial charge in [0.1, 0.15) is 0 Å². The lowest BCUT2D eigenvalue weighted by Crippen LogP contribution is -2.44. The van der Waals surface area contributed by atoms with Gasteiger partial charge in [0, 0.05) is 19.1 Å². The molecule has 1 heterocycles. The first-order valence-electron chi connectivity index (χ1n) is 9.42. The summed E-state index contributed by atoms with van der Waals surface area (Å²) in [5, 5.41) is 10.6. The zero-order valence-electron chi connectivity index (χ0n) is 15.8. The Bertz CT molecular complexity index is 771. The van der Waals surface area contributed by atoms with Gasteiger partial charge in [-0.3, -0.25) is 19.4 Å². The minimum atomic E-state index is -0.801. The SMILES string of the molecule is CCC(C)N(Cc1ccccc1)CC(O)CN1C(=O)c2ccccc2C1=O. The summed E-state index contributed by atoms with van der Waals surface area (Å²) >= 11 is 0. The minimum Gasteiger partial charge on any atom is -0.390 e. The van der Waals surface area contributed by atoms with Crippen LogP contribution >= 0.6 is 0 Å². The molecule has 0 spiro atoms. The van der Waals surface area contributed by atoms with Crippen molar-refractivity contribution >= 4 is 11.8 Å². The molecule has 142 valence electrons. The number of aliphatic hydroxyl groups excluding tert-OH is 1. The fourth-order valence-electron chi connectivity index (χ4n) is 3.42. The average Bonchev–Trinajstić information content (AvgIpc) is 2.93. The van der Waals surface area contributed by atoms with Crippen molar-refractivity contribution in [2.45, 2.75) is 39.0 Å². The number of nitrogens with zero attached hydrogens (tertiary/aromatic N) is 2. The largest absolute Gasteiger partial charge is 0.390 e. The maximum atomic E-state index is 12.5. The molecule has 5 nitrogen and oxygen atoms in total. The van der Waals surface area contributed by atoms with Crippen LogP contribution in [0, 0.1) is 0 Å². The third-order valence-corrected chi connectivity index (χ3v) is 5.16. The van der Waals surface area contributed by atoms with E-state index in [0.29, 0.717) is 17.7 Å². The standard InChI is InChI=1S/C22H26N2O3/c1-3-16(2)23(13-17-9-5-4-6-10-17)14-18(25)15-24-21(26)19-11-7-8-12-20(19)22(24)27/h4-12,16,18,25H,3,13-15H2,1-2H3. The highest BCUT2D eigenvalue weighted by molar-refractivity contribution is 6.21. The Kier molecular flexibility index (Phi) is 6.04. The average molecular weight is 366 g/mol. The Morgan fingerprint density at radius 2 is 1.52 bits per heavy atom. The van der Waals surface area contributed by atoms with Gasteiger partial charge in [0.15, 0.2) is 0 Å². The van der Waals surface area contributed by atoms with Crippen LogP contribution in [0.2, 0.25) is 0 Å². The molecule has 0 aromatic heterocycles. The van der Waals surface area contributed by atoms with Gasteiger partial charge < -0.3 is 5.11 Å². The molecule has 0 saturated carbocycles. The van der Waals surface area contributed by atoms with Crippen molar-refractivity contribution in [3.8, 4) is 0 Å². The van der Waals surface area contributed by atoms with E-state index in [2.05, 4.69) is 30.9 Å². The molecule has 1 N–H and O–H groups in total. The fraction of sp³-hybridized carbons (Fsp3) is 0.364. The molecule has 5 heteroatoms. The van der Waals surface area contributed by atoms with Crippen molar-refractivity contribution in [3.05, 3.63) is 71.3 Å². The summed E-state index contributed by atoms with van der Waals surface area (Å²) in [6.07, 6.45) is 0.150. The Labute approximate surface area is 160 Å². The number of imide groups is 1. The molecule has 1 aliphatic heterocycles. The Balaban J connectivity index is 1.67. The van der Waals surface area contributed by atoms with Crippen molar-refractivity contribution in [3.63, 3.8) is 0 Å². The van der Waals surface area contributed by atoms with E-state index in [-0.39, 0.29) is 24.4 Å². The normalized spacial score (nSPS) is 15.9. The lowest BCUT2D eigenvalue weighted by molar-refractivity contribution is 0.0416. The second kappa shape index (κ2) is 8.46. The monoisotopic (exact) mass is 366 g/mol. The molecule has 27 heavy (non-hydrogen) atoms. The van der Waals surface area contributed by atoms with Gasteiger partial charge in [-0.1, -0.05) is 49.4 Å². The van der Waals surface area contributed by atoms with Crippen LogP contribution in [-0.4, -0.2) is 52.0 Å². The number of rotatable bonds is 8. The topological polar surface area (TPSA) is 60.9 Å².